The van der Waals surface area contributed by atoms with E-state index in [4.69, 9.17) is 45.5 Å². The first kappa shape index (κ1) is 53.0. The van der Waals surface area contributed by atoms with Crippen molar-refractivity contribution >= 4 is 53.1 Å². The molecular formula is C43H72O12S2Si2. The summed E-state index contributed by atoms with van der Waals surface area (Å²) in [6, 6.07) is 17.5. The third-order valence-electron chi connectivity index (χ3n) is 9.01. The Kier molecular flexibility index (Phi) is 27.7. The van der Waals surface area contributed by atoms with Crippen molar-refractivity contribution in [2.75, 3.05) is 89.1 Å². The van der Waals surface area contributed by atoms with E-state index in [1.54, 1.807) is 23.5 Å². The van der Waals surface area contributed by atoms with Crippen LogP contribution in [0.3, 0.4) is 0 Å². The van der Waals surface area contributed by atoms with Gasteiger partial charge in [-0.15, -0.1) is 0 Å². The fraction of sp³-hybridized carbons (Fsp3) is 0.674. The summed E-state index contributed by atoms with van der Waals surface area (Å²) >= 11 is 3.44. The van der Waals surface area contributed by atoms with Gasteiger partial charge in [-0.1, -0.05) is 38.1 Å². The lowest BCUT2D eigenvalue weighted by molar-refractivity contribution is -0.144. The molecule has 0 bridgehead atoms. The molecule has 0 saturated carbocycles. The van der Waals surface area contributed by atoms with E-state index in [1.165, 1.54) is 0 Å². The van der Waals surface area contributed by atoms with Crippen molar-refractivity contribution in [3.05, 3.63) is 59.7 Å². The van der Waals surface area contributed by atoms with Crippen molar-refractivity contribution in [3.63, 3.8) is 0 Å². The minimum atomic E-state index is -2.62. The van der Waals surface area contributed by atoms with Crippen LogP contribution in [-0.4, -0.2) is 119 Å². The van der Waals surface area contributed by atoms with Crippen molar-refractivity contribution in [1.29, 1.82) is 0 Å². The Morgan fingerprint density at radius 1 is 0.492 bits per heavy atom. The van der Waals surface area contributed by atoms with Gasteiger partial charge in [0.05, 0.1) is 12.8 Å². The third kappa shape index (κ3) is 21.0. The average Bonchev–Trinajstić information content (AvgIpc) is 3.22. The molecule has 0 saturated heterocycles. The Morgan fingerprint density at radius 3 is 1.12 bits per heavy atom. The van der Waals surface area contributed by atoms with Gasteiger partial charge in [-0.05, 0) is 101 Å². The van der Waals surface area contributed by atoms with Gasteiger partial charge in [0, 0.05) is 68.7 Å². The number of carbonyl (C=O) groups excluding carboxylic acids is 2. The van der Waals surface area contributed by atoms with Gasteiger partial charge >= 0.3 is 29.5 Å². The number of benzene rings is 2. The molecular weight excluding hydrogens is 829 g/mol. The topological polar surface area (TPSA) is 126 Å². The third-order valence-corrected chi connectivity index (χ3v) is 17.5. The maximum Gasteiger partial charge on any atom is 0.500 e. The largest absolute Gasteiger partial charge is 0.500 e. The quantitative estimate of drug-likeness (QED) is 0.0367. The molecule has 12 nitrogen and oxygen atoms in total. The van der Waals surface area contributed by atoms with E-state index < -0.39 is 17.6 Å². The van der Waals surface area contributed by atoms with Crippen LogP contribution in [0.15, 0.2) is 48.5 Å². The van der Waals surface area contributed by atoms with Crippen LogP contribution in [0.2, 0.25) is 12.1 Å². The number of hydrogen-bond donors (Lipinski definition) is 0. The van der Waals surface area contributed by atoms with Crippen molar-refractivity contribution in [3.8, 4) is 11.5 Å². The van der Waals surface area contributed by atoms with Gasteiger partial charge in [0.2, 0.25) is 0 Å². The summed E-state index contributed by atoms with van der Waals surface area (Å²) in [5.74, 6) is 4.17. The van der Waals surface area contributed by atoms with E-state index >= 15 is 0 Å². The van der Waals surface area contributed by atoms with Gasteiger partial charge in [-0.3, -0.25) is 9.59 Å². The highest BCUT2D eigenvalue weighted by Gasteiger charge is 2.40. The molecule has 2 rings (SSSR count). The van der Waals surface area contributed by atoms with E-state index in [0.29, 0.717) is 75.5 Å². The van der Waals surface area contributed by atoms with Crippen LogP contribution in [-0.2, 0) is 51.0 Å². The molecule has 0 aliphatic rings. The standard InChI is InChI=1S/C43H72O12S2Si2/c1-9-50-58(51-10-2,52-11-3)35-15-31-56-33-25-41(44)48-29-27-46-39-21-17-37(18-22-39)43(7,8)38-19-23-40(24-20-38)47-28-30-49-42(45)26-34-57-32-16-36-59(53-12-4,54-13-5)55-14-6/h17-24H,9-16,25-36H2,1-8H3. The normalized spacial score (nSPS) is 12.1. The lowest BCUT2D eigenvalue weighted by Gasteiger charge is -2.28. The Labute approximate surface area is 365 Å². The Bertz CT molecular complexity index is 1260. The maximum absolute atomic E-state index is 12.2. The molecule has 0 aromatic heterocycles. The molecule has 2 aromatic rings. The van der Waals surface area contributed by atoms with Crippen LogP contribution < -0.4 is 9.47 Å². The van der Waals surface area contributed by atoms with Gasteiger partial charge in [0.1, 0.15) is 37.9 Å². The van der Waals surface area contributed by atoms with Crippen LogP contribution in [0.1, 0.15) is 92.2 Å². The summed E-state index contributed by atoms with van der Waals surface area (Å²) < 4.78 is 57.9. The summed E-state index contributed by atoms with van der Waals surface area (Å²) in [6.45, 7) is 20.5. The van der Waals surface area contributed by atoms with Crippen molar-refractivity contribution in [2.45, 2.75) is 98.6 Å². The van der Waals surface area contributed by atoms with E-state index in [2.05, 4.69) is 38.1 Å². The van der Waals surface area contributed by atoms with Gasteiger partial charge in [0.15, 0.2) is 0 Å². The Morgan fingerprint density at radius 2 is 0.814 bits per heavy atom. The Balaban J connectivity index is 1.62. The number of rotatable bonds is 36. The summed E-state index contributed by atoms with van der Waals surface area (Å²) in [5.41, 5.74) is 2.00. The molecule has 0 atom stereocenters. The van der Waals surface area contributed by atoms with Crippen LogP contribution in [0.5, 0.6) is 11.5 Å². The van der Waals surface area contributed by atoms with E-state index in [0.717, 1.165) is 47.6 Å². The molecule has 0 heterocycles. The smallest absolute Gasteiger partial charge is 0.490 e. The zero-order chi connectivity index (χ0) is 43.2. The second-order valence-electron chi connectivity index (χ2n) is 13.7. The van der Waals surface area contributed by atoms with Crippen LogP contribution in [0.25, 0.3) is 0 Å². The van der Waals surface area contributed by atoms with Gasteiger partial charge < -0.3 is 45.5 Å². The lowest BCUT2D eigenvalue weighted by Crippen LogP contribution is -2.46. The summed E-state index contributed by atoms with van der Waals surface area (Å²) in [4.78, 5) is 24.5. The van der Waals surface area contributed by atoms with Crippen LogP contribution >= 0.6 is 23.5 Å². The highest BCUT2D eigenvalue weighted by molar-refractivity contribution is 7.99. The number of hydrogen-bond acceptors (Lipinski definition) is 14. The minimum absolute atomic E-state index is 0.196. The molecule has 0 aliphatic carbocycles. The lowest BCUT2D eigenvalue weighted by atomic mass is 9.78. The zero-order valence-corrected chi connectivity index (χ0v) is 40.6. The predicted octanol–water partition coefficient (Wildman–Crippen LogP) is 8.98. The summed E-state index contributed by atoms with van der Waals surface area (Å²) in [7, 11) is -5.23. The number of ether oxygens (including phenoxy) is 4. The molecule has 2 aromatic carbocycles. The monoisotopic (exact) mass is 900 g/mol. The van der Waals surface area contributed by atoms with Crippen molar-refractivity contribution in [2.24, 2.45) is 0 Å². The van der Waals surface area contributed by atoms with E-state index in [1.807, 2.05) is 65.8 Å². The van der Waals surface area contributed by atoms with Gasteiger partial charge in [0.25, 0.3) is 0 Å². The zero-order valence-electron chi connectivity index (χ0n) is 37.0. The van der Waals surface area contributed by atoms with Gasteiger partial charge in [-0.2, -0.15) is 23.5 Å². The van der Waals surface area contributed by atoms with Crippen molar-refractivity contribution in [1.82, 2.24) is 0 Å². The molecule has 0 spiro atoms. The molecule has 16 heteroatoms. The first-order valence-corrected chi connectivity index (χ1v) is 27.5. The molecule has 0 unspecified atom stereocenters. The first-order chi connectivity index (χ1) is 28.5. The minimum Gasteiger partial charge on any atom is -0.490 e. The predicted molar refractivity (Wildman–Crippen MR) is 242 cm³/mol. The van der Waals surface area contributed by atoms with Gasteiger partial charge in [-0.25, -0.2) is 0 Å². The van der Waals surface area contributed by atoms with E-state index in [-0.39, 0.29) is 43.8 Å². The second kappa shape index (κ2) is 30.8. The highest BCUT2D eigenvalue weighted by atomic mass is 32.2. The summed E-state index contributed by atoms with van der Waals surface area (Å²) in [6.07, 6.45) is 2.52. The number of carbonyl (C=O) groups is 2. The average molecular weight is 901 g/mol. The molecule has 0 N–H and O–H groups in total. The molecule has 59 heavy (non-hydrogen) atoms. The number of thioether (sulfide) groups is 2. The fourth-order valence-corrected chi connectivity index (χ4v) is 13.6. The maximum atomic E-state index is 12.2. The second-order valence-corrected chi connectivity index (χ2v) is 21.6. The van der Waals surface area contributed by atoms with E-state index in [9.17, 15) is 9.59 Å². The number of esters is 2. The van der Waals surface area contributed by atoms with Crippen LogP contribution in [0, 0.1) is 0 Å². The molecule has 0 radical (unpaired) electrons. The van der Waals surface area contributed by atoms with Crippen molar-refractivity contribution < 1.29 is 55.1 Å². The molecule has 0 aliphatic heterocycles. The fourth-order valence-electron chi connectivity index (χ4n) is 6.18. The summed E-state index contributed by atoms with van der Waals surface area (Å²) in [5, 5.41) is 0. The molecule has 0 amide bonds. The van der Waals surface area contributed by atoms with Crippen LogP contribution in [0.4, 0.5) is 0 Å². The molecule has 336 valence electrons. The molecule has 0 fully saturated rings. The Hall–Kier alpha value is -2.13. The highest BCUT2D eigenvalue weighted by Crippen LogP contribution is 2.33. The SMILES string of the molecule is CCO[Si](CCCSCCC(=O)OCCOc1ccc(C(C)(C)c2ccc(OCCOC(=O)CCSCCC[Si](OCC)(OCC)OCC)cc2)cc1)(OCC)OCC. The first-order valence-electron chi connectivity index (χ1n) is 21.3.